The Labute approximate surface area is 107 Å². The third-order valence-electron chi connectivity index (χ3n) is 2.36. The maximum atomic E-state index is 11.7. The first kappa shape index (κ1) is 12.7. The molecule has 19 heavy (non-hydrogen) atoms. The zero-order chi connectivity index (χ0) is 13.7. The van der Waals surface area contributed by atoms with E-state index in [0.717, 1.165) is 12.3 Å². The summed E-state index contributed by atoms with van der Waals surface area (Å²) in [7, 11) is 0. The van der Waals surface area contributed by atoms with E-state index in [9.17, 15) is 14.4 Å². The summed E-state index contributed by atoms with van der Waals surface area (Å²) < 4.78 is 5.82. The van der Waals surface area contributed by atoms with E-state index in [2.05, 4.69) is 14.8 Å². The van der Waals surface area contributed by atoms with E-state index in [0.29, 0.717) is 0 Å². The Kier molecular flexibility index (Phi) is 3.87. The van der Waals surface area contributed by atoms with Crippen LogP contribution in [0.1, 0.15) is 10.4 Å². The highest BCUT2D eigenvalue weighted by molar-refractivity contribution is 5.93. The van der Waals surface area contributed by atoms with Gasteiger partial charge < -0.3 is 9.73 Å². The summed E-state index contributed by atoms with van der Waals surface area (Å²) in [5, 5.41) is 6.45. The van der Waals surface area contributed by atoms with Gasteiger partial charge in [-0.1, -0.05) is 0 Å². The Morgan fingerprint density at radius 2 is 2.16 bits per heavy atom. The third-order valence-corrected chi connectivity index (χ3v) is 2.36. The van der Waals surface area contributed by atoms with Crippen molar-refractivity contribution in [1.29, 1.82) is 0 Å². The van der Waals surface area contributed by atoms with Gasteiger partial charge in [-0.3, -0.25) is 9.59 Å². The van der Waals surface area contributed by atoms with E-state index in [-0.39, 0.29) is 30.1 Å². The van der Waals surface area contributed by atoms with E-state index in [1.54, 1.807) is 6.07 Å². The van der Waals surface area contributed by atoms with Gasteiger partial charge in [0.15, 0.2) is 0 Å². The van der Waals surface area contributed by atoms with Crippen molar-refractivity contribution in [3.05, 3.63) is 63.1 Å². The van der Waals surface area contributed by atoms with Crippen molar-refractivity contribution in [3.63, 3.8) is 0 Å². The highest BCUT2D eigenvalue weighted by Crippen LogP contribution is 1.94. The fourth-order valence-corrected chi connectivity index (χ4v) is 1.42. The van der Waals surface area contributed by atoms with Crippen LogP contribution < -0.4 is 16.5 Å². The molecule has 1 amide bonds. The predicted molar refractivity (Wildman–Crippen MR) is 65.8 cm³/mol. The summed E-state index contributed by atoms with van der Waals surface area (Å²) in [5.74, 6) is -0.382. The molecule has 2 heterocycles. The summed E-state index contributed by atoms with van der Waals surface area (Å²) in [6.45, 7) is 0.511. The van der Waals surface area contributed by atoms with Crippen molar-refractivity contribution in [2.45, 2.75) is 6.54 Å². The first-order valence-corrected chi connectivity index (χ1v) is 5.56. The summed E-state index contributed by atoms with van der Waals surface area (Å²) in [4.78, 5) is 33.7. The number of hydrogen-bond acceptors (Lipinski definition) is 5. The van der Waals surface area contributed by atoms with Crippen molar-refractivity contribution in [1.82, 2.24) is 15.1 Å². The molecule has 0 radical (unpaired) electrons. The highest BCUT2D eigenvalue weighted by atomic mass is 16.4. The Bertz CT molecular complexity index is 669. The molecule has 0 spiro atoms. The predicted octanol–water partition coefficient (Wildman–Crippen LogP) is -0.374. The van der Waals surface area contributed by atoms with Crippen LogP contribution >= 0.6 is 0 Å². The lowest BCUT2D eigenvalue weighted by Crippen LogP contribution is -2.31. The smallest absolute Gasteiger partial charge is 0.335 e. The molecule has 0 bridgehead atoms. The first-order valence-electron chi connectivity index (χ1n) is 5.56. The van der Waals surface area contributed by atoms with Crippen LogP contribution in [0.15, 0.2) is 50.7 Å². The van der Waals surface area contributed by atoms with E-state index < -0.39 is 5.63 Å². The summed E-state index contributed by atoms with van der Waals surface area (Å²) in [6.07, 6.45) is 2.58. The van der Waals surface area contributed by atoms with Crippen LogP contribution in [0.3, 0.4) is 0 Å². The lowest BCUT2D eigenvalue weighted by Gasteiger charge is -2.05. The van der Waals surface area contributed by atoms with Crippen molar-refractivity contribution in [3.8, 4) is 0 Å². The molecule has 0 unspecified atom stereocenters. The SMILES string of the molecule is O=C(NCCn1ncccc1=O)c1ccc(=O)oc1. The number of aromatic nitrogens is 2. The molecule has 0 aromatic carbocycles. The maximum Gasteiger partial charge on any atom is 0.335 e. The van der Waals surface area contributed by atoms with Gasteiger partial charge in [0.1, 0.15) is 6.26 Å². The minimum atomic E-state index is -0.517. The summed E-state index contributed by atoms with van der Waals surface area (Å²) >= 11 is 0. The van der Waals surface area contributed by atoms with Crippen molar-refractivity contribution >= 4 is 5.91 Å². The molecule has 7 heteroatoms. The van der Waals surface area contributed by atoms with E-state index in [1.165, 1.54) is 23.0 Å². The van der Waals surface area contributed by atoms with Crippen LogP contribution in [-0.2, 0) is 6.54 Å². The van der Waals surface area contributed by atoms with Crippen molar-refractivity contribution in [2.24, 2.45) is 0 Å². The molecule has 0 saturated heterocycles. The number of nitrogens with one attached hydrogen (secondary N) is 1. The van der Waals surface area contributed by atoms with E-state index in [1.807, 2.05) is 0 Å². The second-order valence-electron chi connectivity index (χ2n) is 3.68. The molecule has 0 fully saturated rings. The lowest BCUT2D eigenvalue weighted by molar-refractivity contribution is 0.0949. The van der Waals surface area contributed by atoms with Crippen molar-refractivity contribution < 1.29 is 9.21 Å². The maximum absolute atomic E-state index is 11.7. The molecule has 2 aromatic rings. The lowest BCUT2D eigenvalue weighted by atomic mass is 10.3. The number of nitrogens with zero attached hydrogens (tertiary/aromatic N) is 2. The van der Waals surface area contributed by atoms with Gasteiger partial charge in [-0.2, -0.15) is 5.10 Å². The van der Waals surface area contributed by atoms with Gasteiger partial charge in [0.05, 0.1) is 12.1 Å². The van der Waals surface area contributed by atoms with Crippen LogP contribution in [0.25, 0.3) is 0 Å². The monoisotopic (exact) mass is 261 g/mol. The first-order chi connectivity index (χ1) is 9.16. The summed E-state index contributed by atoms with van der Waals surface area (Å²) in [5.41, 5.74) is -0.507. The molecule has 2 aromatic heterocycles. The number of carbonyl (C=O) groups is 1. The normalized spacial score (nSPS) is 10.1. The third kappa shape index (κ3) is 3.38. The van der Waals surface area contributed by atoms with Gasteiger partial charge in [-0.25, -0.2) is 9.48 Å². The molecule has 98 valence electrons. The Morgan fingerprint density at radius 1 is 1.32 bits per heavy atom. The molecule has 1 N–H and O–H groups in total. The van der Waals surface area contributed by atoms with Gasteiger partial charge in [-0.15, -0.1) is 0 Å². The average Bonchev–Trinajstić information content (AvgIpc) is 2.41. The number of hydrogen-bond donors (Lipinski definition) is 1. The van der Waals surface area contributed by atoms with E-state index in [4.69, 9.17) is 0 Å². The minimum Gasteiger partial charge on any atom is -0.430 e. The zero-order valence-corrected chi connectivity index (χ0v) is 9.91. The molecule has 0 saturated carbocycles. The fourth-order valence-electron chi connectivity index (χ4n) is 1.42. The standard InChI is InChI=1S/C12H11N3O4/c16-10-2-1-5-14-15(10)7-6-13-12(18)9-3-4-11(17)19-8-9/h1-5,8H,6-7H2,(H,13,18). The average molecular weight is 261 g/mol. The number of carbonyl (C=O) groups excluding carboxylic acids is 1. The molecule has 0 aliphatic heterocycles. The zero-order valence-electron chi connectivity index (χ0n) is 9.91. The van der Waals surface area contributed by atoms with Crippen LogP contribution in [0, 0.1) is 0 Å². The molecule has 0 aliphatic carbocycles. The number of rotatable bonds is 4. The van der Waals surface area contributed by atoms with Gasteiger partial charge in [0.25, 0.3) is 11.5 Å². The largest absolute Gasteiger partial charge is 0.430 e. The topological polar surface area (TPSA) is 94.2 Å². The Morgan fingerprint density at radius 3 is 2.84 bits per heavy atom. The molecule has 7 nitrogen and oxygen atoms in total. The Hall–Kier alpha value is -2.70. The second-order valence-corrected chi connectivity index (χ2v) is 3.68. The quantitative estimate of drug-likeness (QED) is 0.810. The van der Waals surface area contributed by atoms with Gasteiger partial charge in [0, 0.05) is 24.9 Å². The molecular formula is C12H11N3O4. The highest BCUT2D eigenvalue weighted by Gasteiger charge is 2.05. The molecule has 0 aliphatic rings. The van der Waals surface area contributed by atoms with Crippen LogP contribution in [0.2, 0.25) is 0 Å². The Balaban J connectivity index is 1.91. The van der Waals surface area contributed by atoms with Crippen LogP contribution in [0.4, 0.5) is 0 Å². The van der Waals surface area contributed by atoms with Crippen molar-refractivity contribution in [2.75, 3.05) is 6.54 Å². The summed E-state index contributed by atoms with van der Waals surface area (Å²) in [6, 6.07) is 5.47. The van der Waals surface area contributed by atoms with Gasteiger partial charge >= 0.3 is 5.63 Å². The molecule has 0 atom stereocenters. The minimum absolute atomic E-state index is 0.234. The number of amides is 1. The molecular weight excluding hydrogens is 250 g/mol. The fraction of sp³-hybridized carbons (Fsp3) is 0.167. The van der Waals surface area contributed by atoms with Gasteiger partial charge in [-0.05, 0) is 12.1 Å². The van der Waals surface area contributed by atoms with E-state index >= 15 is 0 Å². The second kappa shape index (κ2) is 5.76. The van der Waals surface area contributed by atoms with Gasteiger partial charge in [0.2, 0.25) is 0 Å². The van der Waals surface area contributed by atoms with Crippen LogP contribution in [0.5, 0.6) is 0 Å². The molecule has 2 rings (SSSR count). The van der Waals surface area contributed by atoms with Crippen LogP contribution in [-0.4, -0.2) is 22.2 Å².